The standard InChI is InChI=1S/C28H25NO3.CH4/c1-2-26(27(30)17-21-10-13-25-18-29-15-14-24(25)16-21)22-11-8-20(9-12-22)19-32-28(31)23-6-4-3-5-7-23;/h3-16,18,26H,2,17,19H2,1H3;1H4. The summed E-state index contributed by atoms with van der Waals surface area (Å²) in [7, 11) is 0. The summed E-state index contributed by atoms with van der Waals surface area (Å²) >= 11 is 0. The van der Waals surface area contributed by atoms with Crippen LogP contribution in [-0.4, -0.2) is 16.7 Å². The molecule has 168 valence electrons. The first-order chi connectivity index (χ1) is 15.6. The van der Waals surface area contributed by atoms with E-state index < -0.39 is 0 Å². The number of pyridine rings is 1. The summed E-state index contributed by atoms with van der Waals surface area (Å²) in [5, 5.41) is 2.16. The van der Waals surface area contributed by atoms with Crippen LogP contribution in [0.4, 0.5) is 0 Å². The number of carbonyl (C=O) groups is 2. The number of ketones is 1. The van der Waals surface area contributed by atoms with Gasteiger partial charge in [0.2, 0.25) is 0 Å². The minimum Gasteiger partial charge on any atom is -0.457 e. The Kier molecular flexibility index (Phi) is 8.09. The third-order valence-electron chi connectivity index (χ3n) is 5.64. The van der Waals surface area contributed by atoms with E-state index in [9.17, 15) is 9.59 Å². The number of rotatable bonds is 8. The Labute approximate surface area is 195 Å². The van der Waals surface area contributed by atoms with Crippen molar-refractivity contribution in [3.63, 3.8) is 0 Å². The maximum Gasteiger partial charge on any atom is 0.338 e. The Morgan fingerprint density at radius 1 is 0.879 bits per heavy atom. The summed E-state index contributed by atoms with van der Waals surface area (Å²) in [4.78, 5) is 29.3. The van der Waals surface area contributed by atoms with Crippen molar-refractivity contribution in [2.24, 2.45) is 0 Å². The van der Waals surface area contributed by atoms with Gasteiger partial charge in [-0.2, -0.15) is 0 Å². The zero-order chi connectivity index (χ0) is 22.3. The number of carbonyl (C=O) groups excluding carboxylic acids is 2. The van der Waals surface area contributed by atoms with E-state index in [2.05, 4.69) is 11.1 Å². The van der Waals surface area contributed by atoms with Crippen molar-refractivity contribution in [2.45, 2.75) is 39.7 Å². The van der Waals surface area contributed by atoms with Crippen LogP contribution < -0.4 is 0 Å². The summed E-state index contributed by atoms with van der Waals surface area (Å²) in [5.41, 5.74) is 3.42. The molecule has 0 spiro atoms. The molecule has 0 saturated carbocycles. The van der Waals surface area contributed by atoms with Gasteiger partial charge in [-0.05, 0) is 46.7 Å². The predicted octanol–water partition coefficient (Wildman–Crippen LogP) is 6.53. The fourth-order valence-corrected chi connectivity index (χ4v) is 3.87. The number of hydrogen-bond donors (Lipinski definition) is 0. The first kappa shape index (κ1) is 23.9. The Bertz CT molecular complexity index is 1220. The summed E-state index contributed by atoms with van der Waals surface area (Å²) in [6, 6.07) is 24.7. The molecule has 0 bridgehead atoms. The van der Waals surface area contributed by atoms with Crippen LogP contribution in [0.5, 0.6) is 0 Å². The van der Waals surface area contributed by atoms with Gasteiger partial charge in [0.25, 0.3) is 0 Å². The maximum atomic E-state index is 13.1. The summed E-state index contributed by atoms with van der Waals surface area (Å²) in [6.45, 7) is 2.23. The molecule has 4 nitrogen and oxygen atoms in total. The molecule has 1 atom stereocenters. The Hall–Kier alpha value is -3.79. The first-order valence-corrected chi connectivity index (χ1v) is 10.8. The fraction of sp³-hybridized carbons (Fsp3) is 0.207. The minimum atomic E-state index is -0.345. The van der Waals surface area contributed by atoms with E-state index in [0.29, 0.717) is 12.0 Å². The topological polar surface area (TPSA) is 56.3 Å². The Balaban J connectivity index is 0.00000306. The van der Waals surface area contributed by atoms with Crippen molar-refractivity contribution < 1.29 is 14.3 Å². The van der Waals surface area contributed by atoms with E-state index in [1.54, 1.807) is 18.3 Å². The van der Waals surface area contributed by atoms with Crippen LogP contribution in [0.2, 0.25) is 0 Å². The molecule has 0 aliphatic carbocycles. The van der Waals surface area contributed by atoms with Crippen LogP contribution in [0.1, 0.15) is 53.7 Å². The van der Waals surface area contributed by atoms with Crippen molar-refractivity contribution in [3.8, 4) is 0 Å². The van der Waals surface area contributed by atoms with Crippen LogP contribution in [0, 0.1) is 0 Å². The van der Waals surface area contributed by atoms with Gasteiger partial charge < -0.3 is 4.74 Å². The molecule has 3 aromatic carbocycles. The second-order valence-corrected chi connectivity index (χ2v) is 7.84. The van der Waals surface area contributed by atoms with Gasteiger partial charge >= 0.3 is 5.97 Å². The monoisotopic (exact) mass is 439 g/mol. The van der Waals surface area contributed by atoms with Crippen LogP contribution in [0.15, 0.2) is 91.3 Å². The van der Waals surface area contributed by atoms with E-state index >= 15 is 0 Å². The quantitative estimate of drug-likeness (QED) is 0.293. The molecule has 4 rings (SSSR count). The largest absolute Gasteiger partial charge is 0.457 e. The minimum absolute atomic E-state index is 0. The Morgan fingerprint density at radius 3 is 2.33 bits per heavy atom. The number of Topliss-reactive ketones (excluding diaryl/α,β-unsaturated/α-hetero) is 1. The normalized spacial score (nSPS) is 11.4. The number of ether oxygens (including phenoxy) is 1. The molecule has 4 aromatic rings. The molecule has 4 heteroatoms. The van der Waals surface area contributed by atoms with E-state index in [4.69, 9.17) is 4.74 Å². The second-order valence-electron chi connectivity index (χ2n) is 7.84. The lowest BCUT2D eigenvalue weighted by atomic mass is 9.88. The molecule has 0 fully saturated rings. The molecule has 0 aliphatic rings. The zero-order valence-corrected chi connectivity index (χ0v) is 18.0. The molecular formula is C29H29NO3. The van der Waals surface area contributed by atoms with Crippen molar-refractivity contribution in [1.29, 1.82) is 0 Å². The number of esters is 1. The Morgan fingerprint density at radius 2 is 1.61 bits per heavy atom. The van der Waals surface area contributed by atoms with E-state index in [-0.39, 0.29) is 31.7 Å². The third kappa shape index (κ3) is 5.92. The lowest BCUT2D eigenvalue weighted by Gasteiger charge is -2.15. The molecule has 1 unspecified atom stereocenters. The number of benzene rings is 3. The van der Waals surface area contributed by atoms with Crippen molar-refractivity contribution >= 4 is 22.5 Å². The average Bonchev–Trinajstić information content (AvgIpc) is 2.84. The zero-order valence-electron chi connectivity index (χ0n) is 18.0. The highest BCUT2D eigenvalue weighted by atomic mass is 16.5. The summed E-state index contributed by atoms with van der Waals surface area (Å²) in [5.74, 6) is -0.310. The van der Waals surface area contributed by atoms with Gasteiger partial charge in [0.05, 0.1) is 5.56 Å². The summed E-state index contributed by atoms with van der Waals surface area (Å²) in [6.07, 6.45) is 4.72. The van der Waals surface area contributed by atoms with Gasteiger partial charge in [0, 0.05) is 30.1 Å². The number of nitrogens with zero attached hydrogens (tertiary/aromatic N) is 1. The van der Waals surface area contributed by atoms with Gasteiger partial charge in [-0.3, -0.25) is 9.78 Å². The van der Waals surface area contributed by atoms with Crippen molar-refractivity contribution in [2.75, 3.05) is 0 Å². The fourth-order valence-electron chi connectivity index (χ4n) is 3.87. The number of fused-ring (bicyclic) bond motifs is 1. The maximum absolute atomic E-state index is 13.1. The SMILES string of the molecule is C.CCC(C(=O)Cc1ccc2cnccc2c1)c1ccc(COC(=O)c2ccccc2)cc1. The average molecular weight is 440 g/mol. The lowest BCUT2D eigenvalue weighted by molar-refractivity contribution is -0.119. The highest BCUT2D eigenvalue weighted by Crippen LogP contribution is 2.24. The highest BCUT2D eigenvalue weighted by molar-refractivity contribution is 5.90. The van der Waals surface area contributed by atoms with Crippen LogP contribution in [0.3, 0.4) is 0 Å². The van der Waals surface area contributed by atoms with Gasteiger partial charge in [-0.25, -0.2) is 4.79 Å². The number of aromatic nitrogens is 1. The van der Waals surface area contributed by atoms with E-state index in [1.165, 1.54) is 0 Å². The van der Waals surface area contributed by atoms with Crippen molar-refractivity contribution in [3.05, 3.63) is 114 Å². The van der Waals surface area contributed by atoms with Gasteiger partial charge in [0.15, 0.2) is 0 Å². The molecule has 1 aromatic heterocycles. The second kappa shape index (κ2) is 11.2. The molecule has 33 heavy (non-hydrogen) atoms. The van der Waals surface area contributed by atoms with E-state index in [1.807, 2.05) is 73.8 Å². The summed E-state index contributed by atoms with van der Waals surface area (Å²) < 4.78 is 5.39. The molecule has 1 heterocycles. The molecular weight excluding hydrogens is 410 g/mol. The van der Waals surface area contributed by atoms with Crippen molar-refractivity contribution in [1.82, 2.24) is 4.98 Å². The lowest BCUT2D eigenvalue weighted by Crippen LogP contribution is -2.14. The van der Waals surface area contributed by atoms with Crippen LogP contribution in [-0.2, 0) is 22.6 Å². The molecule has 0 radical (unpaired) electrons. The molecule has 0 amide bonds. The van der Waals surface area contributed by atoms with Gasteiger partial charge in [-0.1, -0.05) is 75.0 Å². The first-order valence-electron chi connectivity index (χ1n) is 10.8. The van der Waals surface area contributed by atoms with E-state index in [0.717, 1.165) is 33.9 Å². The molecule has 0 aliphatic heterocycles. The smallest absolute Gasteiger partial charge is 0.338 e. The van der Waals surface area contributed by atoms with Crippen LogP contribution >= 0.6 is 0 Å². The van der Waals surface area contributed by atoms with Crippen LogP contribution in [0.25, 0.3) is 10.8 Å². The predicted molar refractivity (Wildman–Crippen MR) is 132 cm³/mol. The van der Waals surface area contributed by atoms with Gasteiger partial charge in [0.1, 0.15) is 12.4 Å². The molecule has 0 N–H and O–H groups in total. The third-order valence-corrected chi connectivity index (χ3v) is 5.64. The highest BCUT2D eigenvalue weighted by Gasteiger charge is 2.19. The molecule has 0 saturated heterocycles. The number of hydrogen-bond acceptors (Lipinski definition) is 4. The van der Waals surface area contributed by atoms with Gasteiger partial charge in [-0.15, -0.1) is 0 Å².